The van der Waals surface area contributed by atoms with Gasteiger partial charge < -0.3 is 14.7 Å². The van der Waals surface area contributed by atoms with Crippen molar-refractivity contribution in [3.63, 3.8) is 0 Å². The summed E-state index contributed by atoms with van der Waals surface area (Å²) in [5.41, 5.74) is 9.04. The van der Waals surface area contributed by atoms with E-state index in [9.17, 15) is 0 Å². The van der Waals surface area contributed by atoms with Gasteiger partial charge >= 0.3 is 0 Å². The second-order valence-electron chi connectivity index (χ2n) is 3.95. The summed E-state index contributed by atoms with van der Waals surface area (Å²) in [6, 6.07) is 5.61. The van der Waals surface area contributed by atoms with Gasteiger partial charge in [-0.05, 0) is 30.7 Å². The molecule has 0 atom stereocenters. The molecule has 0 saturated carbocycles. The number of nitrogens with two attached hydrogens (primary N) is 1. The van der Waals surface area contributed by atoms with E-state index >= 15 is 0 Å². The van der Waals surface area contributed by atoms with E-state index in [1.54, 1.807) is 18.7 Å². The first-order valence-electron chi connectivity index (χ1n) is 5.47. The monoisotopic (exact) mass is 241 g/mol. The van der Waals surface area contributed by atoms with Crippen LogP contribution in [0, 0.1) is 6.92 Å². The van der Waals surface area contributed by atoms with Crippen LogP contribution in [0.4, 0.5) is 5.88 Å². The lowest BCUT2D eigenvalue weighted by molar-refractivity contribution is 0.439. The third-order valence-corrected chi connectivity index (χ3v) is 2.69. The quantitative estimate of drug-likeness (QED) is 0.746. The molecular formula is C13H11N3O2. The van der Waals surface area contributed by atoms with E-state index < -0.39 is 0 Å². The second kappa shape index (κ2) is 4.03. The van der Waals surface area contributed by atoms with Gasteiger partial charge in [-0.2, -0.15) is 0 Å². The molecule has 90 valence electrons. The molecular weight excluding hydrogens is 230 g/mol. The summed E-state index contributed by atoms with van der Waals surface area (Å²) in [7, 11) is 0. The summed E-state index contributed by atoms with van der Waals surface area (Å²) in [6.07, 6.45) is 5.04. The largest absolute Gasteiger partial charge is 0.469 e. The zero-order valence-corrected chi connectivity index (χ0v) is 9.75. The number of nitrogens with zero attached hydrogens (tertiary/aromatic N) is 2. The first-order valence-corrected chi connectivity index (χ1v) is 5.47. The molecule has 5 nitrogen and oxygen atoms in total. The van der Waals surface area contributed by atoms with Crippen LogP contribution in [0.5, 0.6) is 0 Å². The van der Waals surface area contributed by atoms with Crippen LogP contribution in [0.2, 0.25) is 0 Å². The van der Waals surface area contributed by atoms with Crippen LogP contribution in [0.1, 0.15) is 5.76 Å². The van der Waals surface area contributed by atoms with Gasteiger partial charge in [0.15, 0.2) is 0 Å². The van der Waals surface area contributed by atoms with Crippen molar-refractivity contribution in [1.82, 2.24) is 10.1 Å². The van der Waals surface area contributed by atoms with Crippen LogP contribution in [-0.4, -0.2) is 10.1 Å². The van der Waals surface area contributed by atoms with E-state index in [0.29, 0.717) is 5.69 Å². The maximum absolute atomic E-state index is 5.84. The molecule has 0 radical (unpaired) electrons. The zero-order chi connectivity index (χ0) is 12.5. The molecule has 0 aliphatic heterocycles. The average Bonchev–Trinajstić information content (AvgIpc) is 2.96. The Morgan fingerprint density at radius 1 is 1.17 bits per heavy atom. The molecule has 0 aliphatic rings. The Morgan fingerprint density at radius 2 is 1.94 bits per heavy atom. The Bertz CT molecular complexity index is 671. The van der Waals surface area contributed by atoms with Crippen molar-refractivity contribution in [3.8, 4) is 22.4 Å². The minimum atomic E-state index is 0.287. The molecule has 0 fully saturated rings. The van der Waals surface area contributed by atoms with Crippen LogP contribution in [0.3, 0.4) is 0 Å². The third kappa shape index (κ3) is 1.66. The highest BCUT2D eigenvalue weighted by atomic mass is 16.5. The lowest BCUT2D eigenvalue weighted by Gasteiger charge is -1.99. The topological polar surface area (TPSA) is 78.1 Å². The van der Waals surface area contributed by atoms with Crippen LogP contribution in [0.25, 0.3) is 22.4 Å². The molecule has 0 unspecified atom stereocenters. The number of nitrogen functional groups attached to an aromatic ring is 1. The fourth-order valence-corrected chi connectivity index (χ4v) is 1.87. The van der Waals surface area contributed by atoms with Gasteiger partial charge in [0.1, 0.15) is 17.7 Å². The number of aryl methyl sites for hydroxylation is 1. The number of aromatic nitrogens is 2. The summed E-state index contributed by atoms with van der Waals surface area (Å²) in [6.45, 7) is 1.87. The molecule has 3 rings (SSSR count). The Kier molecular flexibility index (Phi) is 2.37. The van der Waals surface area contributed by atoms with Crippen molar-refractivity contribution in [3.05, 3.63) is 42.6 Å². The normalized spacial score (nSPS) is 10.7. The first kappa shape index (κ1) is 10.6. The van der Waals surface area contributed by atoms with Gasteiger partial charge in [0, 0.05) is 18.0 Å². The fraction of sp³-hybridized carbons (Fsp3) is 0.0769. The third-order valence-electron chi connectivity index (χ3n) is 2.69. The number of anilines is 1. The van der Waals surface area contributed by atoms with Crippen molar-refractivity contribution in [2.75, 3.05) is 5.73 Å². The summed E-state index contributed by atoms with van der Waals surface area (Å²) < 4.78 is 10.4. The molecule has 18 heavy (non-hydrogen) atoms. The van der Waals surface area contributed by atoms with E-state index in [1.807, 2.05) is 25.1 Å². The molecule has 2 N–H and O–H groups in total. The molecule has 0 amide bonds. The number of furan rings is 1. The second-order valence-corrected chi connectivity index (χ2v) is 3.95. The van der Waals surface area contributed by atoms with Gasteiger partial charge in [-0.3, -0.25) is 4.98 Å². The number of hydrogen-bond donors (Lipinski definition) is 1. The predicted octanol–water partition coefficient (Wildman–Crippen LogP) is 2.89. The van der Waals surface area contributed by atoms with Gasteiger partial charge in [0.2, 0.25) is 5.88 Å². The van der Waals surface area contributed by atoms with Crippen molar-refractivity contribution in [2.24, 2.45) is 0 Å². The highest BCUT2D eigenvalue weighted by Gasteiger charge is 2.18. The van der Waals surface area contributed by atoms with Crippen LogP contribution >= 0.6 is 0 Å². The molecule has 0 spiro atoms. The Morgan fingerprint density at radius 3 is 2.61 bits per heavy atom. The van der Waals surface area contributed by atoms with Crippen molar-refractivity contribution < 1.29 is 8.94 Å². The summed E-state index contributed by atoms with van der Waals surface area (Å²) in [4.78, 5) is 3.98. The maximum atomic E-state index is 5.84. The van der Waals surface area contributed by atoms with E-state index in [-0.39, 0.29) is 5.88 Å². The van der Waals surface area contributed by atoms with E-state index in [2.05, 4.69) is 10.1 Å². The predicted molar refractivity (Wildman–Crippen MR) is 66.6 cm³/mol. The molecule has 3 heterocycles. The lowest BCUT2D eigenvalue weighted by Crippen LogP contribution is -1.87. The number of pyridine rings is 1. The molecule has 0 aromatic carbocycles. The van der Waals surface area contributed by atoms with E-state index in [1.165, 1.54) is 0 Å². The number of hydrogen-bond acceptors (Lipinski definition) is 5. The standard InChI is InChI=1S/C13H11N3O2/c1-8-6-10(7-17-8)12-11(13(14)18-16-12)9-2-4-15-5-3-9/h2-7H,14H2,1H3. The highest BCUT2D eigenvalue weighted by molar-refractivity contribution is 5.86. The van der Waals surface area contributed by atoms with E-state index in [4.69, 9.17) is 14.7 Å². The summed E-state index contributed by atoms with van der Waals surface area (Å²) in [5.74, 6) is 1.10. The van der Waals surface area contributed by atoms with Gasteiger partial charge in [0.25, 0.3) is 0 Å². The van der Waals surface area contributed by atoms with Gasteiger partial charge in [-0.25, -0.2) is 0 Å². The molecule has 3 aromatic rings. The Balaban J connectivity index is 2.18. The number of rotatable bonds is 2. The molecule has 0 aliphatic carbocycles. The van der Waals surface area contributed by atoms with Crippen LogP contribution < -0.4 is 5.73 Å². The van der Waals surface area contributed by atoms with Crippen molar-refractivity contribution >= 4 is 5.88 Å². The maximum Gasteiger partial charge on any atom is 0.230 e. The highest BCUT2D eigenvalue weighted by Crippen LogP contribution is 2.36. The fourth-order valence-electron chi connectivity index (χ4n) is 1.87. The molecule has 0 bridgehead atoms. The smallest absolute Gasteiger partial charge is 0.230 e. The summed E-state index contributed by atoms with van der Waals surface area (Å²) >= 11 is 0. The molecule has 0 saturated heterocycles. The summed E-state index contributed by atoms with van der Waals surface area (Å²) in [5, 5.41) is 4.00. The lowest BCUT2D eigenvalue weighted by atomic mass is 10.0. The first-order chi connectivity index (χ1) is 8.75. The Labute approximate surface area is 103 Å². The average molecular weight is 241 g/mol. The van der Waals surface area contributed by atoms with E-state index in [0.717, 1.165) is 22.5 Å². The van der Waals surface area contributed by atoms with Crippen molar-refractivity contribution in [2.45, 2.75) is 6.92 Å². The van der Waals surface area contributed by atoms with Gasteiger partial charge in [0.05, 0.1) is 5.56 Å². The molecule has 5 heteroatoms. The van der Waals surface area contributed by atoms with Gasteiger partial charge in [-0.1, -0.05) is 5.16 Å². The van der Waals surface area contributed by atoms with Crippen LogP contribution in [0.15, 0.2) is 45.8 Å². The molecule has 3 aromatic heterocycles. The minimum Gasteiger partial charge on any atom is -0.469 e. The van der Waals surface area contributed by atoms with Crippen LogP contribution in [-0.2, 0) is 0 Å². The SMILES string of the molecule is Cc1cc(-c2noc(N)c2-c2ccncc2)co1. The van der Waals surface area contributed by atoms with Gasteiger partial charge in [-0.15, -0.1) is 0 Å². The zero-order valence-electron chi connectivity index (χ0n) is 9.75. The Hall–Kier alpha value is -2.56. The van der Waals surface area contributed by atoms with Crippen molar-refractivity contribution in [1.29, 1.82) is 0 Å². The minimum absolute atomic E-state index is 0.287.